The largest absolute Gasteiger partial charge is 0.378 e. The van der Waals surface area contributed by atoms with Crippen LogP contribution in [-0.2, 0) is 13.1 Å². The number of fused-ring (bicyclic) bond motifs is 3. The zero-order valence-corrected chi connectivity index (χ0v) is 14.0. The van der Waals surface area contributed by atoms with E-state index in [1.54, 1.807) is 18.4 Å². The Balaban J connectivity index is 2.25. The average molecular weight is 332 g/mol. The summed E-state index contributed by atoms with van der Waals surface area (Å²) in [5.41, 5.74) is 1.61. The van der Waals surface area contributed by atoms with E-state index in [9.17, 15) is 9.90 Å². The molecule has 1 aromatic carbocycles. The molecular weight excluding hydrogens is 314 g/mol. The van der Waals surface area contributed by atoms with Gasteiger partial charge in [-0.05, 0) is 38.9 Å². The van der Waals surface area contributed by atoms with Crippen LogP contribution in [0.5, 0.6) is 0 Å². The molecule has 1 aromatic heterocycles. The van der Waals surface area contributed by atoms with Gasteiger partial charge in [-0.2, -0.15) is 0 Å². The van der Waals surface area contributed by atoms with Crippen molar-refractivity contribution in [1.82, 2.24) is 14.5 Å². The van der Waals surface area contributed by atoms with Crippen LogP contribution < -0.4 is 5.69 Å². The average Bonchev–Trinajstić information content (AvgIpc) is 2.64. The predicted molar refractivity (Wildman–Crippen MR) is 89.7 cm³/mol. The minimum atomic E-state index is -1.12. The normalized spacial score (nSPS) is 14.5. The molecule has 0 radical (unpaired) electrons. The van der Waals surface area contributed by atoms with Crippen molar-refractivity contribution in [1.29, 1.82) is 0 Å². The highest BCUT2D eigenvalue weighted by molar-refractivity contribution is 6.31. The highest BCUT2D eigenvalue weighted by Gasteiger charge is 2.23. The number of rotatable bonds is 0. The Bertz CT molecular complexity index is 878. The molecule has 3 rings (SSSR count). The Hall–Kier alpha value is -2.00. The van der Waals surface area contributed by atoms with E-state index in [2.05, 4.69) is 21.7 Å². The van der Waals surface area contributed by atoms with Crippen LogP contribution in [0.2, 0.25) is 5.02 Å². The monoisotopic (exact) mass is 331 g/mol. The van der Waals surface area contributed by atoms with E-state index in [0.29, 0.717) is 23.8 Å². The van der Waals surface area contributed by atoms with Gasteiger partial charge in [0.2, 0.25) is 0 Å². The molecule has 0 unspecified atom stereocenters. The number of imidazole rings is 1. The van der Waals surface area contributed by atoms with Crippen molar-refractivity contribution in [2.75, 3.05) is 7.05 Å². The third-order valence-corrected chi connectivity index (χ3v) is 4.02. The number of nitrogens with zero attached hydrogens (tertiary/aromatic N) is 2. The highest BCUT2D eigenvalue weighted by Crippen LogP contribution is 2.28. The number of aliphatic hydroxyl groups is 1. The second kappa shape index (κ2) is 5.57. The molecule has 0 amide bonds. The van der Waals surface area contributed by atoms with E-state index in [1.807, 2.05) is 25.2 Å². The van der Waals surface area contributed by atoms with Gasteiger partial charge in [0.25, 0.3) is 0 Å². The van der Waals surface area contributed by atoms with E-state index in [1.165, 1.54) is 0 Å². The zero-order chi connectivity index (χ0) is 16.8. The quantitative estimate of drug-likeness (QED) is 0.725. The number of aromatic amines is 1. The third kappa shape index (κ3) is 3.06. The van der Waals surface area contributed by atoms with E-state index in [0.717, 1.165) is 16.9 Å². The summed E-state index contributed by atoms with van der Waals surface area (Å²) in [4.78, 5) is 17.3. The lowest BCUT2D eigenvalue weighted by Crippen LogP contribution is -2.18. The molecule has 5 nitrogen and oxygen atoms in total. The number of halogens is 1. The summed E-state index contributed by atoms with van der Waals surface area (Å²) in [6.45, 7) is 4.41. The topological polar surface area (TPSA) is 61.3 Å². The van der Waals surface area contributed by atoms with Crippen molar-refractivity contribution >= 4 is 11.6 Å². The number of H-pyrrole nitrogens is 1. The summed E-state index contributed by atoms with van der Waals surface area (Å²) in [5.74, 6) is 5.64. The lowest BCUT2D eigenvalue weighted by molar-refractivity contribution is 0.143. The summed E-state index contributed by atoms with van der Waals surface area (Å²) in [5, 5.41) is 10.4. The minimum absolute atomic E-state index is 0.251. The standard InChI is InChI=1S/C17H18ClN3O2/c1-17(2,23)8-7-13-15-10-20(3)9-11-12(18)5-4-6-14(11)21(15)16(22)19-13/h4-6,23H,9-10H2,1-3H3,(H,19,22). The number of aromatic nitrogens is 2. The lowest BCUT2D eigenvalue weighted by Gasteiger charge is -2.14. The Morgan fingerprint density at radius 2 is 2.09 bits per heavy atom. The molecule has 0 bridgehead atoms. The van der Waals surface area contributed by atoms with Crippen LogP contribution in [0.3, 0.4) is 0 Å². The van der Waals surface area contributed by atoms with Crippen molar-refractivity contribution in [3.05, 3.63) is 50.7 Å². The molecule has 2 N–H and O–H groups in total. The van der Waals surface area contributed by atoms with Gasteiger partial charge in [-0.25, -0.2) is 4.79 Å². The van der Waals surface area contributed by atoms with Gasteiger partial charge in [0.1, 0.15) is 11.3 Å². The molecular formula is C17H18ClN3O2. The summed E-state index contributed by atoms with van der Waals surface area (Å²) < 4.78 is 1.62. The van der Waals surface area contributed by atoms with Crippen LogP contribution in [0.15, 0.2) is 23.0 Å². The van der Waals surface area contributed by atoms with Crippen LogP contribution >= 0.6 is 11.6 Å². The minimum Gasteiger partial charge on any atom is -0.378 e. The molecule has 23 heavy (non-hydrogen) atoms. The maximum Gasteiger partial charge on any atom is 0.331 e. The molecule has 2 aromatic rings. The summed E-state index contributed by atoms with van der Waals surface area (Å²) >= 11 is 6.31. The smallest absolute Gasteiger partial charge is 0.331 e. The van der Waals surface area contributed by atoms with Crippen LogP contribution in [-0.4, -0.2) is 32.2 Å². The summed E-state index contributed by atoms with van der Waals surface area (Å²) in [6.07, 6.45) is 0. The van der Waals surface area contributed by atoms with E-state index in [-0.39, 0.29) is 5.69 Å². The lowest BCUT2D eigenvalue weighted by atomic mass is 10.1. The van der Waals surface area contributed by atoms with E-state index < -0.39 is 5.60 Å². The van der Waals surface area contributed by atoms with Gasteiger partial charge < -0.3 is 5.11 Å². The molecule has 0 atom stereocenters. The van der Waals surface area contributed by atoms with Gasteiger partial charge in [0.05, 0.1) is 11.4 Å². The SMILES string of the molecule is CN1Cc2c(Cl)cccc2-n2c(c(C#CC(C)(C)O)[nH]c2=O)C1. The molecule has 2 heterocycles. The predicted octanol–water partition coefficient (Wildman–Crippen LogP) is 1.89. The van der Waals surface area contributed by atoms with Gasteiger partial charge in [-0.3, -0.25) is 14.5 Å². The second-order valence-corrected chi connectivity index (χ2v) is 6.71. The first-order chi connectivity index (χ1) is 10.8. The summed E-state index contributed by atoms with van der Waals surface area (Å²) in [7, 11) is 1.97. The van der Waals surface area contributed by atoms with E-state index >= 15 is 0 Å². The second-order valence-electron chi connectivity index (χ2n) is 6.31. The van der Waals surface area contributed by atoms with Crippen molar-refractivity contribution in [3.63, 3.8) is 0 Å². The Labute approximate surface area is 139 Å². The Kier molecular flexibility index (Phi) is 3.85. The van der Waals surface area contributed by atoms with Gasteiger partial charge in [0, 0.05) is 23.7 Å². The third-order valence-electron chi connectivity index (χ3n) is 3.67. The fraction of sp³-hybridized carbons (Fsp3) is 0.353. The maximum atomic E-state index is 12.5. The molecule has 1 aliphatic heterocycles. The maximum absolute atomic E-state index is 12.5. The molecule has 0 fully saturated rings. The number of hydrogen-bond donors (Lipinski definition) is 2. The van der Waals surface area contributed by atoms with Crippen LogP contribution in [0, 0.1) is 11.8 Å². The summed E-state index contributed by atoms with van der Waals surface area (Å²) in [6, 6.07) is 5.54. The molecule has 0 aliphatic carbocycles. The van der Waals surface area contributed by atoms with Crippen LogP contribution in [0.25, 0.3) is 5.69 Å². The van der Waals surface area contributed by atoms with Gasteiger partial charge in [-0.15, -0.1) is 0 Å². The first-order valence-corrected chi connectivity index (χ1v) is 7.70. The first-order valence-electron chi connectivity index (χ1n) is 7.32. The fourth-order valence-corrected chi connectivity index (χ4v) is 2.92. The van der Waals surface area contributed by atoms with Gasteiger partial charge >= 0.3 is 5.69 Å². The highest BCUT2D eigenvalue weighted by atomic mass is 35.5. The number of hydrogen-bond acceptors (Lipinski definition) is 3. The molecule has 0 saturated carbocycles. The Morgan fingerprint density at radius 3 is 2.78 bits per heavy atom. The fourth-order valence-electron chi connectivity index (χ4n) is 2.69. The van der Waals surface area contributed by atoms with Crippen molar-refractivity contribution in [2.24, 2.45) is 0 Å². The zero-order valence-electron chi connectivity index (χ0n) is 13.3. The molecule has 6 heteroatoms. The number of nitrogens with one attached hydrogen (secondary N) is 1. The van der Waals surface area contributed by atoms with Gasteiger partial charge in [-0.1, -0.05) is 23.6 Å². The van der Waals surface area contributed by atoms with Crippen molar-refractivity contribution < 1.29 is 5.11 Å². The first kappa shape index (κ1) is 15.9. The molecule has 1 aliphatic rings. The Morgan fingerprint density at radius 1 is 1.35 bits per heavy atom. The molecule has 120 valence electrons. The van der Waals surface area contributed by atoms with E-state index in [4.69, 9.17) is 11.6 Å². The number of benzene rings is 1. The molecule has 0 saturated heterocycles. The van der Waals surface area contributed by atoms with Crippen molar-refractivity contribution in [2.45, 2.75) is 32.5 Å². The molecule has 0 spiro atoms. The van der Waals surface area contributed by atoms with Crippen molar-refractivity contribution in [3.8, 4) is 17.5 Å². The van der Waals surface area contributed by atoms with Crippen LogP contribution in [0.4, 0.5) is 0 Å². The van der Waals surface area contributed by atoms with Crippen LogP contribution in [0.1, 0.15) is 30.8 Å². The van der Waals surface area contributed by atoms with Gasteiger partial charge in [0.15, 0.2) is 0 Å².